The van der Waals surface area contributed by atoms with Gasteiger partial charge in [-0.3, -0.25) is 9.59 Å². The number of hydrogen-bond acceptors (Lipinski definition) is 13. The van der Waals surface area contributed by atoms with E-state index in [2.05, 4.69) is 0 Å². The van der Waals surface area contributed by atoms with Crippen LogP contribution >= 0.6 is 0 Å². The van der Waals surface area contributed by atoms with Crippen LogP contribution in [0.5, 0.6) is 34.5 Å². The van der Waals surface area contributed by atoms with Gasteiger partial charge in [0.25, 0.3) is 0 Å². The van der Waals surface area contributed by atoms with Gasteiger partial charge in [0.2, 0.25) is 5.75 Å². The fraction of sp³-hybridized carbons (Fsp3) is 0.176. The quantitative estimate of drug-likeness (QED) is 0.0356. The molecule has 0 fully saturated rings. The van der Waals surface area contributed by atoms with Crippen molar-refractivity contribution in [2.45, 2.75) is 33.6 Å². The molecule has 4 aromatic carbocycles. The first-order valence-corrected chi connectivity index (χ1v) is 14.1. The van der Waals surface area contributed by atoms with Crippen molar-refractivity contribution in [1.82, 2.24) is 0 Å². The Morgan fingerprint density at radius 3 is 1.48 bits per heavy atom. The smallest absolute Gasteiger partial charge is 1.00 e. The summed E-state index contributed by atoms with van der Waals surface area (Å²) in [5, 5.41) is 47.9. The summed E-state index contributed by atoms with van der Waals surface area (Å²) < 4.78 is 9.70. The van der Waals surface area contributed by atoms with E-state index in [9.17, 15) is 44.7 Å². The maximum absolute atomic E-state index is 12.1. The number of aromatic hydroxyl groups is 5. The maximum Gasteiger partial charge on any atom is 1.00 e. The molecule has 0 aliphatic carbocycles. The van der Waals surface area contributed by atoms with Crippen molar-refractivity contribution < 1.29 is 85.2 Å². The number of esters is 2. The Morgan fingerprint density at radius 1 is 0.646 bits per heavy atom. The molecular formula is C34H37N2NaO11. The second kappa shape index (κ2) is 19.4. The number of benzene rings is 4. The average Bonchev–Trinajstić information content (AvgIpc) is 3.04. The van der Waals surface area contributed by atoms with Crippen molar-refractivity contribution >= 4 is 34.9 Å². The summed E-state index contributed by atoms with van der Waals surface area (Å²) in [4.78, 5) is 45.6. The molecular weight excluding hydrogens is 635 g/mol. The van der Waals surface area contributed by atoms with Crippen molar-refractivity contribution in [3.8, 4) is 34.5 Å². The molecule has 0 atom stereocenters. The first-order valence-electron chi connectivity index (χ1n) is 14.1. The number of phenolic OH excluding ortho intramolecular Hbond substituents is 5. The molecule has 0 aliphatic rings. The van der Waals surface area contributed by atoms with E-state index in [0.717, 1.165) is 29.8 Å². The van der Waals surface area contributed by atoms with E-state index in [1.807, 2.05) is 6.92 Å². The van der Waals surface area contributed by atoms with E-state index in [-0.39, 0.29) is 60.3 Å². The van der Waals surface area contributed by atoms with Gasteiger partial charge in [0.05, 0.1) is 17.7 Å². The number of phenols is 5. The molecule has 0 spiro atoms. The Labute approximate surface area is 300 Å². The van der Waals surface area contributed by atoms with Crippen LogP contribution in [0.2, 0.25) is 0 Å². The number of hydrogen-bond donors (Lipinski definition) is 7. The molecule has 48 heavy (non-hydrogen) atoms. The van der Waals surface area contributed by atoms with Gasteiger partial charge in [-0.25, -0.2) is 9.59 Å². The number of Topliss-reactive ketones (excluding diaryl/α,β-unsaturated/α-hetero) is 2. The number of ether oxygens (including phenoxy) is 2. The second-order valence-corrected chi connectivity index (χ2v) is 9.81. The minimum atomic E-state index is -1.15. The summed E-state index contributed by atoms with van der Waals surface area (Å²) in [6.07, 6.45) is 1.13. The molecule has 0 unspecified atom stereocenters. The number of nitrogen functional groups attached to an aromatic ring is 2. The Balaban J connectivity index is 0.000000826. The Kier molecular flexibility index (Phi) is 16.5. The molecule has 0 saturated heterocycles. The molecule has 0 aliphatic heterocycles. The average molecular weight is 673 g/mol. The van der Waals surface area contributed by atoms with Crippen LogP contribution in [0.4, 0.5) is 11.4 Å². The predicted octanol–water partition coefficient (Wildman–Crippen LogP) is 2.45. The van der Waals surface area contributed by atoms with E-state index in [4.69, 9.17) is 20.9 Å². The van der Waals surface area contributed by atoms with Crippen LogP contribution in [0.25, 0.3) is 0 Å². The molecule has 0 heterocycles. The van der Waals surface area contributed by atoms with Gasteiger partial charge in [0.15, 0.2) is 40.3 Å². The van der Waals surface area contributed by atoms with E-state index in [0.29, 0.717) is 29.8 Å². The molecule has 0 aromatic heterocycles. The van der Waals surface area contributed by atoms with Crippen LogP contribution in [0, 0.1) is 0 Å². The number of carbonyl (C=O) groups excluding carboxylic acids is 4. The Morgan fingerprint density at radius 2 is 1.06 bits per heavy atom. The van der Waals surface area contributed by atoms with Crippen molar-refractivity contribution in [3.63, 3.8) is 0 Å². The van der Waals surface area contributed by atoms with Gasteiger partial charge in [-0.15, -0.1) is 0 Å². The van der Waals surface area contributed by atoms with Crippen LogP contribution in [0.3, 0.4) is 0 Å². The molecule has 250 valence electrons. The normalized spacial score (nSPS) is 9.73. The number of ketones is 2. The van der Waals surface area contributed by atoms with Crippen LogP contribution in [0.1, 0.15) is 76.5 Å². The monoisotopic (exact) mass is 672 g/mol. The molecule has 9 N–H and O–H groups in total. The minimum absolute atomic E-state index is 0. The number of rotatable bonds is 8. The second-order valence-electron chi connectivity index (χ2n) is 9.81. The van der Waals surface area contributed by atoms with E-state index < -0.39 is 46.4 Å². The zero-order valence-corrected chi connectivity index (χ0v) is 28.9. The van der Waals surface area contributed by atoms with Crippen molar-refractivity contribution in [3.05, 3.63) is 95.1 Å². The van der Waals surface area contributed by atoms with Crippen LogP contribution in [-0.4, -0.2) is 55.6 Å². The molecule has 13 nitrogen and oxygen atoms in total. The van der Waals surface area contributed by atoms with E-state index in [1.165, 1.54) is 6.92 Å². The topological polar surface area (TPSA) is 240 Å². The van der Waals surface area contributed by atoms with Crippen LogP contribution in [-0.2, 0) is 4.74 Å². The SMILES string of the molecule is CC(=O)c1ccc(N)cc1.CCC(=O)c1ccc(N)cc1.CCCOC(=O)c1cc(O)c(OC(=O)c2cc(O)c(O)c(O)c2)c(O)c1.[H-].[Na+]. The molecule has 0 radical (unpaired) electrons. The third-order valence-corrected chi connectivity index (χ3v) is 6.09. The van der Waals surface area contributed by atoms with Crippen molar-refractivity contribution in [2.75, 3.05) is 18.1 Å². The van der Waals surface area contributed by atoms with Gasteiger partial charge in [-0.1, -0.05) is 13.8 Å². The summed E-state index contributed by atoms with van der Waals surface area (Å²) >= 11 is 0. The molecule has 4 aromatic rings. The van der Waals surface area contributed by atoms with Crippen LogP contribution in [0.15, 0.2) is 72.8 Å². The standard InChI is InChI=1S/C17H16O9.C9H11NO.C8H9NO.Na.H/c1-2-3-25-16(23)8-6-12(20)15(13(21)7-8)26-17(24)9-4-10(18)14(22)11(19)5-9;1-2-9(11)7-3-5-8(10)6-4-7;1-6(10)7-2-4-8(9)5-3-7;;/h4-7,18-22H,2-3H2,1H3;3-6H,2,10H2,1H3;2-5H,9H2,1H3;;/q;;;+1;-1. The number of anilines is 2. The van der Waals surface area contributed by atoms with Gasteiger partial charge in [-0.05, 0) is 86.1 Å². The maximum atomic E-state index is 12.1. The van der Waals surface area contributed by atoms with E-state index in [1.54, 1.807) is 55.5 Å². The first kappa shape index (κ1) is 40.8. The number of nitrogens with two attached hydrogens (primary N) is 2. The van der Waals surface area contributed by atoms with E-state index >= 15 is 0 Å². The van der Waals surface area contributed by atoms with Gasteiger partial charge < -0.3 is 47.9 Å². The zero-order chi connectivity index (χ0) is 35.3. The third-order valence-electron chi connectivity index (χ3n) is 6.09. The van der Waals surface area contributed by atoms with Crippen molar-refractivity contribution in [2.24, 2.45) is 0 Å². The summed E-state index contributed by atoms with van der Waals surface area (Å²) in [5.74, 6) is -6.07. The summed E-state index contributed by atoms with van der Waals surface area (Å²) in [7, 11) is 0. The molecule has 0 saturated carbocycles. The summed E-state index contributed by atoms with van der Waals surface area (Å²) in [6.45, 7) is 5.33. The fourth-order valence-corrected chi connectivity index (χ4v) is 3.56. The summed E-state index contributed by atoms with van der Waals surface area (Å²) in [6, 6.07) is 17.4. The van der Waals surface area contributed by atoms with Crippen molar-refractivity contribution in [1.29, 1.82) is 0 Å². The Bertz CT molecular complexity index is 1690. The van der Waals surface area contributed by atoms with Gasteiger partial charge >= 0.3 is 41.5 Å². The molecule has 4 rings (SSSR count). The summed E-state index contributed by atoms with van der Waals surface area (Å²) in [5.41, 5.74) is 13.2. The molecule has 0 bridgehead atoms. The van der Waals surface area contributed by atoms with Gasteiger partial charge in [0.1, 0.15) is 0 Å². The molecule has 0 amide bonds. The number of carbonyl (C=O) groups is 4. The largest absolute Gasteiger partial charge is 1.00 e. The van der Waals surface area contributed by atoms with Crippen LogP contribution < -0.4 is 45.8 Å². The predicted molar refractivity (Wildman–Crippen MR) is 174 cm³/mol. The van der Waals surface area contributed by atoms with Gasteiger partial charge in [-0.2, -0.15) is 0 Å². The molecule has 14 heteroatoms. The minimum Gasteiger partial charge on any atom is -1.00 e. The Hall–Kier alpha value is -5.24. The first-order chi connectivity index (χ1) is 22.2. The fourth-order valence-electron chi connectivity index (χ4n) is 3.56. The zero-order valence-electron chi connectivity index (χ0n) is 27.9. The van der Waals surface area contributed by atoms with Gasteiger partial charge in [0, 0.05) is 28.9 Å². The third kappa shape index (κ3) is 12.2.